The van der Waals surface area contributed by atoms with Crippen LogP contribution in [0.2, 0.25) is 0 Å². The number of esters is 1. The van der Waals surface area contributed by atoms with Gasteiger partial charge >= 0.3 is 5.97 Å². The molecule has 0 aliphatic rings. The molecule has 3 nitrogen and oxygen atoms in total. The van der Waals surface area contributed by atoms with Crippen molar-refractivity contribution in [3.63, 3.8) is 0 Å². The molecule has 2 aromatic carbocycles. The predicted octanol–water partition coefficient (Wildman–Crippen LogP) is 3.97. The fourth-order valence-corrected chi connectivity index (χ4v) is 1.61. The van der Waals surface area contributed by atoms with Crippen LogP contribution in [0.1, 0.15) is 23.7 Å². The average Bonchev–Trinajstić information content (AvgIpc) is 2.49. The molecule has 0 N–H and O–H groups in total. The summed E-state index contributed by atoms with van der Waals surface area (Å²) >= 11 is 0. The van der Waals surface area contributed by atoms with Gasteiger partial charge in [0.15, 0.2) is 11.6 Å². The maximum absolute atomic E-state index is 13.0. The van der Waals surface area contributed by atoms with Crippen molar-refractivity contribution in [3.05, 3.63) is 59.7 Å². The van der Waals surface area contributed by atoms with Crippen molar-refractivity contribution in [2.45, 2.75) is 13.3 Å². The molecular weight excluding hydrogens is 278 g/mol. The van der Waals surface area contributed by atoms with Crippen molar-refractivity contribution >= 4 is 5.97 Å². The van der Waals surface area contributed by atoms with E-state index in [4.69, 9.17) is 9.47 Å². The van der Waals surface area contributed by atoms with E-state index in [2.05, 4.69) is 0 Å². The Labute approximate surface area is 121 Å². The minimum atomic E-state index is -1.07. The van der Waals surface area contributed by atoms with Gasteiger partial charge in [0.1, 0.15) is 11.5 Å². The molecule has 0 aliphatic carbocycles. The molecule has 5 heteroatoms. The van der Waals surface area contributed by atoms with E-state index in [1.807, 2.05) is 6.92 Å². The second-order valence-electron chi connectivity index (χ2n) is 4.34. The molecule has 0 heterocycles. The minimum absolute atomic E-state index is 0.0507. The van der Waals surface area contributed by atoms with Crippen LogP contribution in [0.3, 0.4) is 0 Å². The van der Waals surface area contributed by atoms with Crippen molar-refractivity contribution < 1.29 is 23.0 Å². The van der Waals surface area contributed by atoms with Gasteiger partial charge in [0.05, 0.1) is 12.2 Å². The van der Waals surface area contributed by atoms with Crippen LogP contribution in [-0.2, 0) is 0 Å². The number of ether oxygens (including phenoxy) is 2. The van der Waals surface area contributed by atoms with Crippen molar-refractivity contribution in [2.75, 3.05) is 6.61 Å². The lowest BCUT2D eigenvalue weighted by atomic mass is 10.2. The molecule has 2 rings (SSSR count). The summed E-state index contributed by atoms with van der Waals surface area (Å²) in [6.07, 6.45) is 0.889. The largest absolute Gasteiger partial charge is 0.494 e. The molecule has 0 fully saturated rings. The maximum Gasteiger partial charge on any atom is 0.343 e. The second-order valence-corrected chi connectivity index (χ2v) is 4.34. The molecule has 0 unspecified atom stereocenters. The summed E-state index contributed by atoms with van der Waals surface area (Å²) in [4.78, 5) is 11.9. The van der Waals surface area contributed by atoms with E-state index in [1.54, 1.807) is 24.3 Å². The van der Waals surface area contributed by atoms with Crippen molar-refractivity contribution in [1.82, 2.24) is 0 Å². The number of carbonyl (C=O) groups is 1. The highest BCUT2D eigenvalue weighted by Gasteiger charge is 2.10. The zero-order valence-corrected chi connectivity index (χ0v) is 11.4. The van der Waals surface area contributed by atoms with Crippen LogP contribution in [-0.4, -0.2) is 12.6 Å². The molecule has 0 bridgehead atoms. The summed E-state index contributed by atoms with van der Waals surface area (Å²) in [6, 6.07) is 9.32. The fourth-order valence-electron chi connectivity index (χ4n) is 1.61. The second kappa shape index (κ2) is 6.83. The molecule has 110 valence electrons. The Balaban J connectivity index is 2.04. The first kappa shape index (κ1) is 15.0. The number of carbonyl (C=O) groups excluding carboxylic acids is 1. The van der Waals surface area contributed by atoms with Gasteiger partial charge in [-0.15, -0.1) is 0 Å². The standard InChI is InChI=1S/C16H14F2O3/c1-2-9-20-12-5-3-11(4-6-12)16(19)21-13-7-8-14(17)15(18)10-13/h3-8,10H,2,9H2,1H3. The van der Waals surface area contributed by atoms with Gasteiger partial charge in [0.25, 0.3) is 0 Å². The first-order valence-electron chi connectivity index (χ1n) is 6.50. The summed E-state index contributed by atoms with van der Waals surface area (Å²) in [5.74, 6) is -2.11. The summed E-state index contributed by atoms with van der Waals surface area (Å²) < 4.78 is 36.2. The van der Waals surface area contributed by atoms with Gasteiger partial charge < -0.3 is 9.47 Å². The fraction of sp³-hybridized carbons (Fsp3) is 0.188. The number of hydrogen-bond acceptors (Lipinski definition) is 3. The van der Waals surface area contributed by atoms with Gasteiger partial charge in [-0.3, -0.25) is 0 Å². The lowest BCUT2D eigenvalue weighted by molar-refractivity contribution is 0.0734. The number of hydrogen-bond donors (Lipinski definition) is 0. The molecule has 0 amide bonds. The Kier molecular flexibility index (Phi) is 4.87. The molecule has 0 spiro atoms. The smallest absolute Gasteiger partial charge is 0.343 e. The quantitative estimate of drug-likeness (QED) is 0.618. The SMILES string of the molecule is CCCOc1ccc(C(=O)Oc2ccc(F)c(F)c2)cc1. The first-order chi connectivity index (χ1) is 10.1. The van der Waals surface area contributed by atoms with Crippen LogP contribution in [0.5, 0.6) is 11.5 Å². The van der Waals surface area contributed by atoms with Crippen LogP contribution in [0, 0.1) is 11.6 Å². The maximum atomic E-state index is 13.0. The molecule has 0 aromatic heterocycles. The van der Waals surface area contributed by atoms with Crippen molar-refractivity contribution in [3.8, 4) is 11.5 Å². The summed E-state index contributed by atoms with van der Waals surface area (Å²) in [6.45, 7) is 2.59. The Morgan fingerprint density at radius 1 is 1.00 bits per heavy atom. The lowest BCUT2D eigenvalue weighted by Crippen LogP contribution is -2.08. The third kappa shape index (κ3) is 4.02. The highest BCUT2D eigenvalue weighted by Crippen LogP contribution is 2.18. The van der Waals surface area contributed by atoms with E-state index in [-0.39, 0.29) is 5.75 Å². The van der Waals surface area contributed by atoms with E-state index in [9.17, 15) is 13.6 Å². The van der Waals surface area contributed by atoms with Gasteiger partial charge in [0.2, 0.25) is 0 Å². The van der Waals surface area contributed by atoms with Gasteiger partial charge in [0, 0.05) is 6.07 Å². The zero-order chi connectivity index (χ0) is 15.2. The first-order valence-corrected chi connectivity index (χ1v) is 6.50. The number of benzene rings is 2. The van der Waals surface area contributed by atoms with E-state index >= 15 is 0 Å². The Morgan fingerprint density at radius 2 is 1.67 bits per heavy atom. The molecule has 0 atom stereocenters. The van der Waals surface area contributed by atoms with Crippen LogP contribution in [0.4, 0.5) is 8.78 Å². The van der Waals surface area contributed by atoms with Gasteiger partial charge in [-0.1, -0.05) is 6.92 Å². The Hall–Kier alpha value is -2.43. The van der Waals surface area contributed by atoms with Crippen LogP contribution < -0.4 is 9.47 Å². The lowest BCUT2D eigenvalue weighted by Gasteiger charge is -2.07. The third-order valence-corrected chi connectivity index (χ3v) is 2.66. The van der Waals surface area contributed by atoms with Crippen LogP contribution >= 0.6 is 0 Å². The zero-order valence-electron chi connectivity index (χ0n) is 11.4. The molecule has 2 aromatic rings. The van der Waals surface area contributed by atoms with Gasteiger partial charge in [-0.05, 0) is 42.8 Å². The highest BCUT2D eigenvalue weighted by atomic mass is 19.2. The third-order valence-electron chi connectivity index (χ3n) is 2.66. The topological polar surface area (TPSA) is 35.5 Å². The van der Waals surface area contributed by atoms with Crippen LogP contribution in [0.25, 0.3) is 0 Å². The monoisotopic (exact) mass is 292 g/mol. The van der Waals surface area contributed by atoms with E-state index < -0.39 is 17.6 Å². The van der Waals surface area contributed by atoms with Gasteiger partial charge in [-0.2, -0.15) is 0 Å². The normalized spacial score (nSPS) is 10.2. The summed E-state index contributed by atoms with van der Waals surface area (Å²) in [5, 5.41) is 0. The van der Waals surface area contributed by atoms with E-state index in [0.29, 0.717) is 17.9 Å². The van der Waals surface area contributed by atoms with Crippen LogP contribution in [0.15, 0.2) is 42.5 Å². The number of rotatable bonds is 5. The minimum Gasteiger partial charge on any atom is -0.494 e. The molecule has 0 aliphatic heterocycles. The summed E-state index contributed by atoms with van der Waals surface area (Å²) in [5.41, 5.74) is 0.295. The predicted molar refractivity (Wildman–Crippen MR) is 73.5 cm³/mol. The Bertz CT molecular complexity index is 624. The molecule has 0 saturated heterocycles. The highest BCUT2D eigenvalue weighted by molar-refractivity contribution is 5.91. The number of halogens is 2. The Morgan fingerprint density at radius 3 is 2.29 bits per heavy atom. The van der Waals surface area contributed by atoms with Gasteiger partial charge in [-0.25, -0.2) is 13.6 Å². The molecule has 0 saturated carbocycles. The van der Waals surface area contributed by atoms with E-state index in [0.717, 1.165) is 18.6 Å². The average molecular weight is 292 g/mol. The van der Waals surface area contributed by atoms with E-state index in [1.165, 1.54) is 6.07 Å². The summed E-state index contributed by atoms with van der Waals surface area (Å²) in [7, 11) is 0. The molecule has 0 radical (unpaired) electrons. The molecular formula is C16H14F2O3. The molecule has 21 heavy (non-hydrogen) atoms. The van der Waals surface area contributed by atoms with Crippen molar-refractivity contribution in [1.29, 1.82) is 0 Å². The van der Waals surface area contributed by atoms with Crippen molar-refractivity contribution in [2.24, 2.45) is 0 Å².